The van der Waals surface area contributed by atoms with Gasteiger partial charge in [0, 0.05) is 18.1 Å². The molecular formula is C22H31NO4S. The molecule has 6 heteroatoms. The molecule has 1 saturated carbocycles. The first-order valence-corrected chi connectivity index (χ1v) is 10.9. The molecule has 3 rings (SSSR count). The highest BCUT2D eigenvalue weighted by Gasteiger charge is 2.27. The van der Waals surface area contributed by atoms with Crippen molar-refractivity contribution in [3.63, 3.8) is 0 Å². The highest BCUT2D eigenvalue weighted by Crippen LogP contribution is 2.32. The Bertz CT molecular complexity index is 726. The van der Waals surface area contributed by atoms with E-state index in [0.29, 0.717) is 17.0 Å². The van der Waals surface area contributed by atoms with Crippen LogP contribution in [0.25, 0.3) is 0 Å². The van der Waals surface area contributed by atoms with E-state index in [9.17, 15) is 4.79 Å². The second-order valence-corrected chi connectivity index (χ2v) is 9.64. The van der Waals surface area contributed by atoms with Gasteiger partial charge in [0.25, 0.3) is 0 Å². The van der Waals surface area contributed by atoms with Crippen LogP contribution in [-0.2, 0) is 14.2 Å². The van der Waals surface area contributed by atoms with E-state index in [1.807, 2.05) is 6.07 Å². The van der Waals surface area contributed by atoms with Crippen molar-refractivity contribution in [2.75, 3.05) is 25.6 Å². The van der Waals surface area contributed by atoms with Gasteiger partial charge < -0.3 is 19.5 Å². The first-order valence-electron chi connectivity index (χ1n) is 10.1. The largest absolute Gasteiger partial charge is 0.465 e. The molecule has 1 saturated heterocycles. The average molecular weight is 406 g/mol. The van der Waals surface area contributed by atoms with Crippen LogP contribution in [0.15, 0.2) is 6.07 Å². The highest BCUT2D eigenvalue weighted by atomic mass is 32.1. The smallest absolute Gasteiger partial charge is 0.350 e. The maximum Gasteiger partial charge on any atom is 0.350 e. The topological polar surface area (TPSA) is 56.8 Å². The molecule has 1 unspecified atom stereocenters. The zero-order valence-corrected chi connectivity index (χ0v) is 18.1. The van der Waals surface area contributed by atoms with Crippen LogP contribution in [0, 0.1) is 17.3 Å². The van der Waals surface area contributed by atoms with Gasteiger partial charge in [-0.3, -0.25) is 0 Å². The Labute approximate surface area is 172 Å². The minimum absolute atomic E-state index is 0.0776. The molecule has 0 amide bonds. The second kappa shape index (κ2) is 9.30. The van der Waals surface area contributed by atoms with Gasteiger partial charge in [-0.25, -0.2) is 4.79 Å². The number of thiophene rings is 1. The molecule has 2 aliphatic rings. The van der Waals surface area contributed by atoms with Gasteiger partial charge >= 0.3 is 5.97 Å². The molecule has 1 aromatic heterocycles. The minimum Gasteiger partial charge on any atom is -0.465 e. The summed E-state index contributed by atoms with van der Waals surface area (Å²) in [5.41, 5.74) is 0.759. The summed E-state index contributed by atoms with van der Waals surface area (Å²) < 4.78 is 16.5. The summed E-state index contributed by atoms with van der Waals surface area (Å²) in [6.07, 6.45) is 5.70. The number of rotatable bonds is 5. The number of nitrogens with one attached hydrogen (secondary N) is 1. The molecule has 5 nitrogen and oxygen atoms in total. The van der Waals surface area contributed by atoms with Crippen molar-refractivity contribution >= 4 is 23.0 Å². The van der Waals surface area contributed by atoms with E-state index in [-0.39, 0.29) is 17.5 Å². The van der Waals surface area contributed by atoms with Crippen molar-refractivity contribution in [1.29, 1.82) is 0 Å². The van der Waals surface area contributed by atoms with Gasteiger partial charge in [0.15, 0.2) is 0 Å². The standard InChI is InChI=1S/C22H31NO4S/c1-22(2,3)11-9-18-13-19(20(28-18)21(24)25-4)23-15-5-7-16(8-6-15)27-17-10-12-26-14-17/h13,15-17,23H,5-8,10,12,14H2,1-4H3/t15-,16-,17?. The molecule has 1 aliphatic heterocycles. The van der Waals surface area contributed by atoms with Crippen LogP contribution < -0.4 is 5.32 Å². The van der Waals surface area contributed by atoms with E-state index < -0.39 is 0 Å². The fourth-order valence-corrected chi connectivity index (χ4v) is 4.40. The predicted octanol–water partition coefficient (Wildman–Crippen LogP) is 4.46. The third-order valence-corrected chi connectivity index (χ3v) is 6.00. The zero-order valence-electron chi connectivity index (χ0n) is 17.3. The molecule has 0 radical (unpaired) electrons. The third kappa shape index (κ3) is 5.97. The third-order valence-electron chi connectivity index (χ3n) is 4.97. The van der Waals surface area contributed by atoms with Gasteiger partial charge in [-0.2, -0.15) is 0 Å². The van der Waals surface area contributed by atoms with Gasteiger partial charge in [0.1, 0.15) is 4.88 Å². The van der Waals surface area contributed by atoms with E-state index in [4.69, 9.17) is 14.2 Å². The van der Waals surface area contributed by atoms with Crippen LogP contribution in [-0.4, -0.2) is 44.5 Å². The molecule has 0 spiro atoms. The maximum atomic E-state index is 12.2. The van der Waals surface area contributed by atoms with E-state index in [1.54, 1.807) is 0 Å². The van der Waals surface area contributed by atoms with Gasteiger partial charge in [0.2, 0.25) is 0 Å². The molecular weight excluding hydrogens is 374 g/mol. The summed E-state index contributed by atoms with van der Waals surface area (Å²) in [5, 5.41) is 3.56. The number of carbonyl (C=O) groups excluding carboxylic acids is 1. The van der Waals surface area contributed by atoms with E-state index in [2.05, 4.69) is 37.9 Å². The van der Waals surface area contributed by atoms with Crippen LogP contribution in [0.5, 0.6) is 0 Å². The molecule has 1 aliphatic carbocycles. The normalized spacial score (nSPS) is 25.1. The fourth-order valence-electron chi connectivity index (χ4n) is 3.51. The summed E-state index contributed by atoms with van der Waals surface area (Å²) in [6, 6.07) is 2.31. The molecule has 1 aromatic rings. The Morgan fingerprint density at radius 1 is 1.21 bits per heavy atom. The predicted molar refractivity (Wildman–Crippen MR) is 112 cm³/mol. The second-order valence-electron chi connectivity index (χ2n) is 8.58. The number of ether oxygens (including phenoxy) is 3. The van der Waals surface area contributed by atoms with Crippen molar-refractivity contribution < 1.29 is 19.0 Å². The van der Waals surface area contributed by atoms with Crippen molar-refractivity contribution in [3.05, 3.63) is 15.8 Å². The number of esters is 1. The maximum absolute atomic E-state index is 12.2. The molecule has 1 atom stereocenters. The number of carbonyl (C=O) groups is 1. The molecule has 154 valence electrons. The molecule has 1 N–H and O–H groups in total. The summed E-state index contributed by atoms with van der Waals surface area (Å²) in [6.45, 7) is 7.77. The molecule has 0 bridgehead atoms. The van der Waals surface area contributed by atoms with Gasteiger partial charge in [0.05, 0.1) is 36.5 Å². The van der Waals surface area contributed by atoms with E-state index >= 15 is 0 Å². The molecule has 2 fully saturated rings. The van der Waals surface area contributed by atoms with Crippen LogP contribution >= 0.6 is 11.3 Å². The number of anilines is 1. The summed E-state index contributed by atoms with van der Waals surface area (Å²) in [7, 11) is 1.42. The van der Waals surface area contributed by atoms with Crippen LogP contribution in [0.3, 0.4) is 0 Å². The molecule has 28 heavy (non-hydrogen) atoms. The lowest BCUT2D eigenvalue weighted by atomic mass is 9.92. The zero-order chi connectivity index (χ0) is 20.1. The fraction of sp³-hybridized carbons (Fsp3) is 0.682. The van der Waals surface area contributed by atoms with Crippen molar-refractivity contribution in [1.82, 2.24) is 0 Å². The monoisotopic (exact) mass is 405 g/mol. The van der Waals surface area contributed by atoms with Gasteiger partial charge in [-0.1, -0.05) is 11.8 Å². The van der Waals surface area contributed by atoms with Crippen LogP contribution in [0.1, 0.15) is 67.4 Å². The summed E-state index contributed by atoms with van der Waals surface area (Å²) in [4.78, 5) is 13.7. The SMILES string of the molecule is COC(=O)c1sc(C#CC(C)(C)C)cc1N[C@H]1CC[C@H](OC2CCOC2)CC1. The van der Waals surface area contributed by atoms with E-state index in [0.717, 1.165) is 55.9 Å². The Morgan fingerprint density at radius 3 is 2.57 bits per heavy atom. The van der Waals surface area contributed by atoms with Crippen molar-refractivity contribution in [2.45, 2.75) is 71.1 Å². The Hall–Kier alpha value is -1.55. The number of hydrogen-bond acceptors (Lipinski definition) is 6. The first-order chi connectivity index (χ1) is 13.3. The Morgan fingerprint density at radius 2 is 1.96 bits per heavy atom. The van der Waals surface area contributed by atoms with Gasteiger partial charge in [-0.15, -0.1) is 11.3 Å². The van der Waals surface area contributed by atoms with Crippen molar-refractivity contribution in [3.8, 4) is 11.8 Å². The van der Waals surface area contributed by atoms with Crippen LogP contribution in [0.2, 0.25) is 0 Å². The Balaban J connectivity index is 1.61. The average Bonchev–Trinajstić information content (AvgIpc) is 3.30. The molecule has 2 heterocycles. The summed E-state index contributed by atoms with van der Waals surface area (Å²) >= 11 is 1.39. The van der Waals surface area contributed by atoms with Crippen molar-refractivity contribution in [2.24, 2.45) is 5.41 Å². The lowest BCUT2D eigenvalue weighted by Crippen LogP contribution is -2.32. The first kappa shape index (κ1) is 21.2. The lowest BCUT2D eigenvalue weighted by Gasteiger charge is -2.31. The van der Waals surface area contributed by atoms with E-state index in [1.165, 1.54) is 18.4 Å². The summed E-state index contributed by atoms with van der Waals surface area (Å²) in [5.74, 6) is 6.12. The Kier molecular flexibility index (Phi) is 7.03. The van der Waals surface area contributed by atoms with Gasteiger partial charge in [-0.05, 0) is 58.9 Å². The van der Waals surface area contributed by atoms with Crippen LogP contribution in [0.4, 0.5) is 5.69 Å². The molecule has 0 aromatic carbocycles. The number of methoxy groups -OCH3 is 1. The lowest BCUT2D eigenvalue weighted by molar-refractivity contribution is -0.0331. The number of hydrogen-bond donors (Lipinski definition) is 1. The highest BCUT2D eigenvalue weighted by molar-refractivity contribution is 7.15. The minimum atomic E-state index is -0.311. The quantitative estimate of drug-likeness (QED) is 0.579.